The molecule has 0 atom stereocenters. The van der Waals surface area contributed by atoms with Crippen molar-refractivity contribution in [3.63, 3.8) is 0 Å². The second-order valence-electron chi connectivity index (χ2n) is 4.78. The minimum absolute atomic E-state index is 0.111. The van der Waals surface area contributed by atoms with E-state index in [2.05, 4.69) is 5.32 Å². The summed E-state index contributed by atoms with van der Waals surface area (Å²) >= 11 is 1.60. The second-order valence-corrected chi connectivity index (χ2v) is 5.66. The molecule has 0 spiro atoms. The number of nitrogens with one attached hydrogen (secondary N) is 1. The van der Waals surface area contributed by atoms with E-state index in [1.165, 1.54) is 6.07 Å². The van der Waals surface area contributed by atoms with E-state index in [-0.39, 0.29) is 11.7 Å². The highest BCUT2D eigenvalue weighted by molar-refractivity contribution is 7.98. The van der Waals surface area contributed by atoms with Crippen LogP contribution in [-0.2, 0) is 6.42 Å². The van der Waals surface area contributed by atoms with Gasteiger partial charge >= 0.3 is 0 Å². The average molecular weight is 303 g/mol. The van der Waals surface area contributed by atoms with Crippen LogP contribution in [0.25, 0.3) is 0 Å². The average Bonchev–Trinajstić information content (AvgIpc) is 2.49. The van der Waals surface area contributed by atoms with Gasteiger partial charge in [0.25, 0.3) is 5.91 Å². The van der Waals surface area contributed by atoms with E-state index in [0.717, 1.165) is 10.5 Å². The molecular formula is C17H18FNOS. The lowest BCUT2D eigenvalue weighted by Crippen LogP contribution is -2.26. The standard InChI is InChI=1S/C17H18FNOS/c1-12-7-8-14(21-2)11-15(12)17(20)19-10-9-13-5-3-4-6-16(13)18/h3-8,11H,9-10H2,1-2H3,(H,19,20). The highest BCUT2D eigenvalue weighted by atomic mass is 32.2. The lowest BCUT2D eigenvalue weighted by atomic mass is 10.1. The molecule has 4 heteroatoms. The van der Waals surface area contributed by atoms with E-state index < -0.39 is 0 Å². The summed E-state index contributed by atoms with van der Waals surface area (Å²) in [6.07, 6.45) is 2.46. The molecule has 1 N–H and O–H groups in total. The van der Waals surface area contributed by atoms with Crippen molar-refractivity contribution in [1.82, 2.24) is 5.32 Å². The van der Waals surface area contributed by atoms with Crippen molar-refractivity contribution < 1.29 is 9.18 Å². The van der Waals surface area contributed by atoms with Crippen LogP contribution >= 0.6 is 11.8 Å². The zero-order valence-electron chi connectivity index (χ0n) is 12.2. The molecule has 2 nitrogen and oxygen atoms in total. The number of thioether (sulfide) groups is 1. The minimum atomic E-state index is -0.229. The van der Waals surface area contributed by atoms with Crippen LogP contribution in [0.1, 0.15) is 21.5 Å². The summed E-state index contributed by atoms with van der Waals surface area (Å²) in [6.45, 7) is 2.33. The van der Waals surface area contributed by atoms with Crippen molar-refractivity contribution in [2.45, 2.75) is 18.2 Å². The van der Waals surface area contributed by atoms with Gasteiger partial charge in [0.15, 0.2) is 0 Å². The van der Waals surface area contributed by atoms with Gasteiger partial charge in [-0.3, -0.25) is 4.79 Å². The summed E-state index contributed by atoms with van der Waals surface area (Å²) < 4.78 is 13.5. The molecule has 0 unspecified atom stereocenters. The Kier molecular flexibility index (Phi) is 5.39. The molecule has 0 fully saturated rings. The van der Waals surface area contributed by atoms with Crippen molar-refractivity contribution >= 4 is 17.7 Å². The molecule has 2 rings (SSSR count). The molecule has 0 aliphatic heterocycles. The number of amides is 1. The maximum atomic E-state index is 13.5. The third-order valence-corrected chi connectivity index (χ3v) is 4.05. The van der Waals surface area contributed by atoms with Crippen LogP contribution in [0.15, 0.2) is 47.4 Å². The quantitative estimate of drug-likeness (QED) is 0.851. The van der Waals surface area contributed by atoms with Gasteiger partial charge in [0, 0.05) is 17.0 Å². The Morgan fingerprint density at radius 1 is 1.24 bits per heavy atom. The fourth-order valence-corrected chi connectivity index (χ4v) is 2.52. The summed E-state index contributed by atoms with van der Waals surface area (Å²) in [4.78, 5) is 13.3. The first kappa shape index (κ1) is 15.6. The van der Waals surface area contributed by atoms with Crippen LogP contribution in [0, 0.1) is 12.7 Å². The Balaban J connectivity index is 1.98. The molecule has 21 heavy (non-hydrogen) atoms. The van der Waals surface area contributed by atoms with Crippen molar-refractivity contribution in [3.8, 4) is 0 Å². The van der Waals surface area contributed by atoms with Gasteiger partial charge in [0.1, 0.15) is 5.82 Å². The fraction of sp³-hybridized carbons (Fsp3) is 0.235. The van der Waals surface area contributed by atoms with Crippen LogP contribution in [-0.4, -0.2) is 18.7 Å². The molecule has 0 heterocycles. The molecular weight excluding hydrogens is 285 g/mol. The lowest BCUT2D eigenvalue weighted by Gasteiger charge is -2.09. The van der Waals surface area contributed by atoms with Crippen LogP contribution in [0.5, 0.6) is 0 Å². The zero-order valence-corrected chi connectivity index (χ0v) is 13.0. The number of carbonyl (C=O) groups is 1. The van der Waals surface area contributed by atoms with Gasteiger partial charge in [0.05, 0.1) is 0 Å². The van der Waals surface area contributed by atoms with Gasteiger partial charge in [-0.1, -0.05) is 24.3 Å². The molecule has 0 radical (unpaired) electrons. The Labute approximate surface area is 128 Å². The van der Waals surface area contributed by atoms with Crippen molar-refractivity contribution in [1.29, 1.82) is 0 Å². The predicted molar refractivity (Wildman–Crippen MR) is 85.4 cm³/mol. The van der Waals surface area contributed by atoms with Crippen LogP contribution in [0.4, 0.5) is 4.39 Å². The smallest absolute Gasteiger partial charge is 0.251 e. The topological polar surface area (TPSA) is 29.1 Å². The van der Waals surface area contributed by atoms with E-state index in [1.54, 1.807) is 30.0 Å². The minimum Gasteiger partial charge on any atom is -0.352 e. The van der Waals surface area contributed by atoms with Gasteiger partial charge in [-0.25, -0.2) is 4.39 Å². The molecule has 0 bridgehead atoms. The number of rotatable bonds is 5. The summed E-state index contributed by atoms with van der Waals surface area (Å²) in [5.41, 5.74) is 2.24. The predicted octanol–water partition coefficient (Wildman–Crippen LogP) is 3.83. The molecule has 0 aromatic heterocycles. The summed E-state index contributed by atoms with van der Waals surface area (Å²) in [6, 6.07) is 12.5. The number of hydrogen-bond donors (Lipinski definition) is 1. The Morgan fingerprint density at radius 2 is 2.00 bits per heavy atom. The van der Waals surface area contributed by atoms with Gasteiger partial charge in [-0.15, -0.1) is 11.8 Å². The molecule has 1 amide bonds. The number of benzene rings is 2. The number of halogens is 1. The second kappa shape index (κ2) is 7.27. The van der Waals surface area contributed by atoms with Crippen LogP contribution in [0.3, 0.4) is 0 Å². The Morgan fingerprint density at radius 3 is 2.71 bits per heavy atom. The van der Waals surface area contributed by atoms with E-state index in [9.17, 15) is 9.18 Å². The van der Waals surface area contributed by atoms with E-state index in [1.807, 2.05) is 31.4 Å². The molecule has 0 aliphatic rings. The number of hydrogen-bond acceptors (Lipinski definition) is 2. The first-order valence-corrected chi connectivity index (χ1v) is 8.00. The van der Waals surface area contributed by atoms with Gasteiger partial charge in [-0.2, -0.15) is 0 Å². The maximum absolute atomic E-state index is 13.5. The summed E-state index contributed by atoms with van der Waals surface area (Å²) in [5.74, 6) is -0.341. The summed E-state index contributed by atoms with van der Waals surface area (Å²) in [5, 5.41) is 2.85. The van der Waals surface area contributed by atoms with E-state index in [0.29, 0.717) is 24.1 Å². The highest BCUT2D eigenvalue weighted by Gasteiger charge is 2.10. The third kappa shape index (κ3) is 4.08. The highest BCUT2D eigenvalue weighted by Crippen LogP contribution is 2.19. The molecule has 0 saturated heterocycles. The molecule has 2 aromatic rings. The number of aryl methyl sites for hydroxylation is 1. The number of carbonyl (C=O) groups excluding carboxylic acids is 1. The van der Waals surface area contributed by atoms with Crippen LogP contribution in [0.2, 0.25) is 0 Å². The normalized spacial score (nSPS) is 10.4. The molecule has 0 saturated carbocycles. The zero-order chi connectivity index (χ0) is 15.2. The Bertz CT molecular complexity index is 642. The van der Waals surface area contributed by atoms with Gasteiger partial charge in [-0.05, 0) is 48.9 Å². The van der Waals surface area contributed by atoms with Crippen molar-refractivity contribution in [2.75, 3.05) is 12.8 Å². The largest absolute Gasteiger partial charge is 0.352 e. The van der Waals surface area contributed by atoms with Crippen molar-refractivity contribution in [3.05, 3.63) is 65.0 Å². The first-order chi connectivity index (χ1) is 10.1. The SMILES string of the molecule is CSc1ccc(C)c(C(=O)NCCc2ccccc2F)c1. The molecule has 2 aromatic carbocycles. The van der Waals surface area contributed by atoms with Gasteiger partial charge < -0.3 is 5.32 Å². The molecule has 0 aliphatic carbocycles. The Hall–Kier alpha value is -1.81. The summed E-state index contributed by atoms with van der Waals surface area (Å²) in [7, 11) is 0. The van der Waals surface area contributed by atoms with E-state index in [4.69, 9.17) is 0 Å². The van der Waals surface area contributed by atoms with E-state index >= 15 is 0 Å². The first-order valence-electron chi connectivity index (χ1n) is 6.78. The fourth-order valence-electron chi connectivity index (χ4n) is 2.08. The monoisotopic (exact) mass is 303 g/mol. The van der Waals surface area contributed by atoms with Crippen LogP contribution < -0.4 is 5.32 Å². The molecule has 110 valence electrons. The maximum Gasteiger partial charge on any atom is 0.251 e. The van der Waals surface area contributed by atoms with Gasteiger partial charge in [0.2, 0.25) is 0 Å². The van der Waals surface area contributed by atoms with Crippen molar-refractivity contribution in [2.24, 2.45) is 0 Å². The third-order valence-electron chi connectivity index (χ3n) is 3.33. The lowest BCUT2D eigenvalue weighted by molar-refractivity contribution is 0.0953.